The SMILES string of the molecule is CC[C@H](C)[C@H](N)C(=O)N[C@@H](CC(=O)O)C(=O)N[C@@H](CC(C)C)C(=O)N[C@@H](CC(C)C)C(=O)N[C@@H](CCC(N)=O)C(=O)N[C@@H](C)C(=O)N[C@@H](CC(=O)O)C(=O)NCC(=O)N[C@@H](CC(N)=O)C(=O)N[C@@H](C)C(=O)O. The quantitative estimate of drug-likeness (QED) is 0.0286. The molecule has 72 heavy (non-hydrogen) atoms. The summed E-state index contributed by atoms with van der Waals surface area (Å²) in [4.78, 5) is 177. The highest BCUT2D eigenvalue weighted by molar-refractivity contribution is 5.99. The number of carboxylic acid groups (broad SMARTS) is 3. The molecule has 29 heteroatoms. The number of aliphatic carboxylic acids is 3. The van der Waals surface area contributed by atoms with Gasteiger partial charge >= 0.3 is 17.9 Å². The Balaban J connectivity index is 6.28. The van der Waals surface area contributed by atoms with Gasteiger partial charge in [-0.05, 0) is 50.9 Å². The normalized spacial score (nSPS) is 15.2. The predicted molar refractivity (Wildman–Crippen MR) is 251 cm³/mol. The van der Waals surface area contributed by atoms with Gasteiger partial charge in [0.15, 0.2) is 0 Å². The van der Waals surface area contributed by atoms with E-state index < -0.39 is 176 Å². The van der Waals surface area contributed by atoms with Crippen molar-refractivity contribution in [3.8, 4) is 0 Å². The molecule has 0 radical (unpaired) electrons. The molecular weight excluding hydrogens is 957 g/mol. The molecule has 10 atom stereocenters. The summed E-state index contributed by atoms with van der Waals surface area (Å²) in [7, 11) is 0. The molecular formula is C43H72N12O17. The van der Waals surface area contributed by atoms with Crippen LogP contribution in [0, 0.1) is 17.8 Å². The minimum atomic E-state index is -1.90. The van der Waals surface area contributed by atoms with E-state index in [1.807, 2.05) is 10.6 Å². The van der Waals surface area contributed by atoms with Crippen molar-refractivity contribution in [2.24, 2.45) is 35.0 Å². The highest BCUT2D eigenvalue weighted by Gasteiger charge is 2.35. The molecule has 0 aliphatic rings. The molecule has 0 bridgehead atoms. The lowest BCUT2D eigenvalue weighted by Gasteiger charge is -2.28. The average molecular weight is 1030 g/mol. The Morgan fingerprint density at radius 3 is 1.26 bits per heavy atom. The minimum Gasteiger partial charge on any atom is -0.481 e. The highest BCUT2D eigenvalue weighted by Crippen LogP contribution is 2.12. The fourth-order valence-corrected chi connectivity index (χ4v) is 6.32. The van der Waals surface area contributed by atoms with Gasteiger partial charge in [-0.3, -0.25) is 67.1 Å². The first-order valence-electron chi connectivity index (χ1n) is 23.0. The van der Waals surface area contributed by atoms with E-state index in [9.17, 15) is 77.3 Å². The number of hydrogen-bond donors (Lipinski definition) is 15. The number of rotatable bonds is 34. The molecule has 406 valence electrons. The van der Waals surface area contributed by atoms with Crippen LogP contribution in [0.25, 0.3) is 0 Å². The second kappa shape index (κ2) is 31.7. The van der Waals surface area contributed by atoms with Gasteiger partial charge in [-0.15, -0.1) is 0 Å². The van der Waals surface area contributed by atoms with Gasteiger partial charge in [0.05, 0.1) is 31.8 Å². The molecule has 0 aliphatic carbocycles. The summed E-state index contributed by atoms with van der Waals surface area (Å²) in [6, 6.07) is -13.8. The van der Waals surface area contributed by atoms with Crippen molar-refractivity contribution in [2.45, 2.75) is 161 Å². The molecule has 0 heterocycles. The number of nitrogens with two attached hydrogens (primary N) is 3. The van der Waals surface area contributed by atoms with Crippen molar-refractivity contribution in [1.29, 1.82) is 0 Å². The molecule has 0 aromatic heterocycles. The van der Waals surface area contributed by atoms with Crippen LogP contribution in [0.4, 0.5) is 0 Å². The number of carbonyl (C=O) groups excluding carboxylic acids is 11. The van der Waals surface area contributed by atoms with E-state index >= 15 is 0 Å². The zero-order valence-corrected chi connectivity index (χ0v) is 41.6. The third-order valence-electron chi connectivity index (χ3n) is 10.5. The van der Waals surface area contributed by atoms with Gasteiger partial charge < -0.3 is 80.4 Å². The molecule has 0 saturated carbocycles. The van der Waals surface area contributed by atoms with E-state index in [1.54, 1.807) is 41.5 Å². The fourth-order valence-electron chi connectivity index (χ4n) is 6.32. The number of nitrogens with one attached hydrogen (secondary N) is 9. The van der Waals surface area contributed by atoms with Gasteiger partial charge in [-0.25, -0.2) is 0 Å². The number of hydrogen-bond acceptors (Lipinski definition) is 15. The Morgan fingerprint density at radius 2 is 0.833 bits per heavy atom. The summed E-state index contributed by atoms with van der Waals surface area (Å²) < 4.78 is 0. The van der Waals surface area contributed by atoms with Crippen molar-refractivity contribution in [3.63, 3.8) is 0 Å². The van der Waals surface area contributed by atoms with Crippen molar-refractivity contribution < 1.29 is 82.4 Å². The van der Waals surface area contributed by atoms with E-state index in [-0.39, 0.29) is 30.6 Å². The molecule has 0 unspecified atom stereocenters. The van der Waals surface area contributed by atoms with Crippen LogP contribution in [0.5, 0.6) is 0 Å². The molecule has 0 aromatic rings. The molecule has 0 rings (SSSR count). The van der Waals surface area contributed by atoms with E-state index in [4.69, 9.17) is 22.3 Å². The summed E-state index contributed by atoms with van der Waals surface area (Å²) in [6.07, 6.45) is -3.22. The maximum atomic E-state index is 13.9. The zero-order valence-electron chi connectivity index (χ0n) is 41.6. The van der Waals surface area contributed by atoms with Crippen LogP contribution in [-0.4, -0.2) is 159 Å². The van der Waals surface area contributed by atoms with Crippen LogP contribution < -0.4 is 65.1 Å². The molecule has 11 amide bonds. The number of amides is 11. The second-order valence-corrected chi connectivity index (χ2v) is 18.0. The van der Waals surface area contributed by atoms with Crippen LogP contribution in [0.3, 0.4) is 0 Å². The Bertz CT molecular complexity index is 2000. The first-order chi connectivity index (χ1) is 33.3. The lowest BCUT2D eigenvalue weighted by atomic mass is 9.98. The summed E-state index contributed by atoms with van der Waals surface area (Å²) in [5.41, 5.74) is 16.4. The maximum Gasteiger partial charge on any atom is 0.325 e. The molecule has 0 saturated heterocycles. The first-order valence-corrected chi connectivity index (χ1v) is 23.0. The standard InChI is InChI=1S/C43H72N12O17/c1-9-20(6)34(46)42(70)55-28(16-33(61)62)41(69)54-25(13-19(4)5)40(68)53-24(12-18(2)3)39(67)51-23(10-11-29(44)56)37(65)48-21(7)35(63)52-27(15-32(59)60)36(64)47-17-31(58)50-26(14-30(45)57)38(66)49-22(8)43(71)72/h18-28,34H,9-17,46H2,1-8H3,(H2,44,56)(H2,45,57)(H,47,64)(H,48,65)(H,49,66)(H,50,58)(H,51,67)(H,52,63)(H,53,68)(H,54,69)(H,55,70)(H,59,60)(H,61,62)(H,71,72)/t20-,21-,22-,23-,24-,25-,26-,27-,28-,34-/m0/s1. The summed E-state index contributed by atoms with van der Waals surface area (Å²) in [6.45, 7) is 11.5. The Kier molecular flexibility index (Phi) is 28.4. The monoisotopic (exact) mass is 1030 g/mol. The Labute approximate surface area is 415 Å². The Morgan fingerprint density at radius 1 is 0.444 bits per heavy atom. The number of carboxylic acids is 3. The zero-order chi connectivity index (χ0) is 55.7. The van der Waals surface area contributed by atoms with E-state index in [2.05, 4.69) is 37.2 Å². The third-order valence-corrected chi connectivity index (χ3v) is 10.5. The van der Waals surface area contributed by atoms with E-state index in [0.29, 0.717) is 6.42 Å². The van der Waals surface area contributed by atoms with E-state index in [0.717, 1.165) is 13.8 Å². The molecule has 18 N–H and O–H groups in total. The lowest BCUT2D eigenvalue weighted by molar-refractivity contribution is -0.142. The van der Waals surface area contributed by atoms with Gasteiger partial charge in [0.1, 0.15) is 48.3 Å². The minimum absolute atomic E-state index is 0.0302. The predicted octanol–water partition coefficient (Wildman–Crippen LogP) is -5.34. The molecule has 0 aliphatic heterocycles. The Hall–Kier alpha value is -7.46. The van der Waals surface area contributed by atoms with Crippen LogP contribution >= 0.6 is 0 Å². The van der Waals surface area contributed by atoms with Gasteiger partial charge in [0.2, 0.25) is 65.0 Å². The van der Waals surface area contributed by atoms with Gasteiger partial charge in [0, 0.05) is 6.42 Å². The molecule has 0 spiro atoms. The van der Waals surface area contributed by atoms with Crippen molar-refractivity contribution in [2.75, 3.05) is 6.54 Å². The van der Waals surface area contributed by atoms with E-state index in [1.165, 1.54) is 0 Å². The maximum absolute atomic E-state index is 13.9. The molecule has 0 aromatic carbocycles. The highest BCUT2D eigenvalue weighted by atomic mass is 16.4. The van der Waals surface area contributed by atoms with Gasteiger partial charge in [0.25, 0.3) is 0 Å². The fraction of sp³-hybridized carbons (Fsp3) is 0.674. The lowest BCUT2D eigenvalue weighted by Crippen LogP contribution is -2.60. The largest absolute Gasteiger partial charge is 0.481 e. The van der Waals surface area contributed by atoms with Crippen LogP contribution in [0.2, 0.25) is 0 Å². The molecule has 0 fully saturated rings. The summed E-state index contributed by atoms with van der Waals surface area (Å²) in [5, 5.41) is 48.3. The van der Waals surface area contributed by atoms with Crippen molar-refractivity contribution in [1.82, 2.24) is 47.9 Å². The van der Waals surface area contributed by atoms with Crippen molar-refractivity contribution in [3.05, 3.63) is 0 Å². The number of primary amides is 2. The smallest absolute Gasteiger partial charge is 0.325 e. The summed E-state index contributed by atoms with van der Waals surface area (Å²) >= 11 is 0. The van der Waals surface area contributed by atoms with Crippen LogP contribution in [0.1, 0.15) is 107 Å². The second-order valence-electron chi connectivity index (χ2n) is 18.0. The third kappa shape index (κ3) is 25.4. The average Bonchev–Trinajstić information content (AvgIpc) is 3.26. The van der Waals surface area contributed by atoms with Crippen LogP contribution in [0.15, 0.2) is 0 Å². The van der Waals surface area contributed by atoms with Crippen LogP contribution in [-0.2, 0) is 67.1 Å². The summed E-state index contributed by atoms with van der Waals surface area (Å²) in [5.74, 6) is -16.8. The first kappa shape index (κ1) is 64.5. The van der Waals surface area contributed by atoms with Gasteiger partial charge in [-0.1, -0.05) is 48.0 Å². The van der Waals surface area contributed by atoms with Gasteiger partial charge in [-0.2, -0.15) is 0 Å². The topological polar surface area (TPSA) is 486 Å². The molecule has 29 nitrogen and oxygen atoms in total. The van der Waals surface area contributed by atoms with Crippen molar-refractivity contribution >= 4 is 82.9 Å². The number of carbonyl (C=O) groups is 14.